The number of benzene rings is 6. The molecular formula is C49H39IrN7O2-2. The van der Waals surface area contributed by atoms with Crippen molar-refractivity contribution in [1.29, 1.82) is 0 Å². The van der Waals surface area contributed by atoms with Gasteiger partial charge in [-0.25, -0.2) is 9.97 Å². The first kappa shape index (κ1) is 39.1. The van der Waals surface area contributed by atoms with Gasteiger partial charge in [0.25, 0.3) is 0 Å². The zero-order valence-electron chi connectivity index (χ0n) is 32.9. The van der Waals surface area contributed by atoms with Gasteiger partial charge < -0.3 is 13.4 Å². The molecule has 0 bridgehead atoms. The van der Waals surface area contributed by atoms with Crippen molar-refractivity contribution in [3.05, 3.63) is 176 Å². The predicted octanol–water partition coefficient (Wildman–Crippen LogP) is 11.9. The molecule has 0 aliphatic rings. The van der Waals surface area contributed by atoms with Crippen molar-refractivity contribution < 1.29 is 28.9 Å². The summed E-state index contributed by atoms with van der Waals surface area (Å²) in [5.41, 5.74) is 14.0. The Labute approximate surface area is 355 Å². The van der Waals surface area contributed by atoms with E-state index in [0.717, 1.165) is 67.4 Å². The Morgan fingerprint density at radius 1 is 0.559 bits per heavy atom. The van der Waals surface area contributed by atoms with Crippen molar-refractivity contribution in [2.75, 3.05) is 0 Å². The molecule has 0 spiro atoms. The minimum absolute atomic E-state index is 0. The number of para-hydroxylation sites is 2. The summed E-state index contributed by atoms with van der Waals surface area (Å²) in [4.78, 5) is 17.8. The number of hydrogen-bond donors (Lipinski definition) is 0. The molecule has 293 valence electrons. The molecule has 0 saturated carbocycles. The molecule has 9 nitrogen and oxygen atoms in total. The number of imidazole rings is 1. The van der Waals surface area contributed by atoms with Crippen LogP contribution in [0.2, 0.25) is 0 Å². The molecule has 4 heterocycles. The normalized spacial score (nSPS) is 11.2. The Balaban J connectivity index is 0.000000165. The smallest absolute Gasteiger partial charge is 0.169 e. The number of nitrogens with zero attached hydrogens (tertiary/aromatic N) is 7. The van der Waals surface area contributed by atoms with E-state index in [1.54, 1.807) is 12.4 Å². The van der Waals surface area contributed by atoms with Crippen molar-refractivity contribution >= 4 is 22.2 Å². The van der Waals surface area contributed by atoms with Gasteiger partial charge in [0.15, 0.2) is 12.8 Å². The molecule has 0 N–H and O–H groups in total. The van der Waals surface area contributed by atoms with Crippen molar-refractivity contribution in [2.45, 2.75) is 39.5 Å². The third kappa shape index (κ3) is 7.68. The van der Waals surface area contributed by atoms with Gasteiger partial charge in [-0.1, -0.05) is 125 Å². The van der Waals surface area contributed by atoms with Crippen LogP contribution in [0.1, 0.15) is 50.7 Å². The summed E-state index contributed by atoms with van der Waals surface area (Å²) in [6.07, 6.45) is 8.32. The average molecular weight is 950 g/mol. The largest absolute Gasteiger partial charge is 0.490 e. The zero-order valence-corrected chi connectivity index (χ0v) is 35.3. The molecule has 0 amide bonds. The molecule has 0 saturated heterocycles. The summed E-state index contributed by atoms with van der Waals surface area (Å²) < 4.78 is 14.8. The van der Waals surface area contributed by atoms with Crippen LogP contribution in [0.15, 0.2) is 162 Å². The minimum atomic E-state index is 0. The monoisotopic (exact) mass is 950 g/mol. The van der Waals surface area contributed by atoms with Crippen molar-refractivity contribution in [3.63, 3.8) is 0 Å². The van der Waals surface area contributed by atoms with E-state index in [0.29, 0.717) is 23.0 Å². The van der Waals surface area contributed by atoms with Crippen LogP contribution >= 0.6 is 0 Å². The second-order valence-corrected chi connectivity index (χ2v) is 14.5. The third-order valence-electron chi connectivity index (χ3n) is 10.2. The van der Waals surface area contributed by atoms with Crippen LogP contribution in [0.3, 0.4) is 0 Å². The van der Waals surface area contributed by atoms with E-state index in [-0.39, 0.29) is 20.1 Å². The summed E-state index contributed by atoms with van der Waals surface area (Å²) in [5.74, 6) is 2.31. The van der Waals surface area contributed by atoms with Gasteiger partial charge in [0.05, 0.1) is 34.2 Å². The first-order chi connectivity index (χ1) is 28.4. The maximum Gasteiger partial charge on any atom is 0.169 e. The fraction of sp³-hybridized carbons (Fsp3) is 0.122. The van der Waals surface area contributed by atoms with E-state index in [1.807, 2.05) is 47.4 Å². The standard InChI is InChI=1S/C28H18N3O.C21H21N4O.Ir/c1-3-8-20(9-4-1)23-12-7-13-24(21-10-5-2-6-11-21)27(23)31-17-16-29-28(31)22-14-15-26-25(18-22)30-19-32-26;1-13(2)16-6-5-7-17(14(3)4)20(16)25-21(22-11-24-25)15-8-9-19-18(10-15)23-12-26-19;/h1-13,15-19H;5-7,9-14H,1-4H3;/q2*-1;. The fourth-order valence-electron chi connectivity index (χ4n) is 7.39. The van der Waals surface area contributed by atoms with Crippen molar-refractivity contribution in [1.82, 2.24) is 34.3 Å². The van der Waals surface area contributed by atoms with Gasteiger partial charge in [0.2, 0.25) is 0 Å². The molecule has 0 aliphatic carbocycles. The molecule has 6 aromatic carbocycles. The number of rotatable bonds is 8. The SMILES string of the molecule is CC(C)c1cccc(C(C)C)c1-n1ncnc1-c1[c-]cc2ocnc2c1.[Ir].[c-]1cc2ocnc2cc1-c1nccn1-c1c(-c2ccccc2)cccc1-c1ccccc1. The molecule has 1 radical (unpaired) electrons. The third-order valence-corrected chi connectivity index (χ3v) is 10.2. The minimum Gasteiger partial charge on any atom is -0.490 e. The Morgan fingerprint density at radius 3 is 1.63 bits per heavy atom. The second-order valence-electron chi connectivity index (χ2n) is 14.5. The van der Waals surface area contributed by atoms with Crippen LogP contribution in [-0.2, 0) is 20.1 Å². The fourth-order valence-corrected chi connectivity index (χ4v) is 7.39. The number of hydrogen-bond acceptors (Lipinski definition) is 7. The van der Waals surface area contributed by atoms with Crippen molar-refractivity contribution in [3.8, 4) is 56.4 Å². The molecule has 0 atom stereocenters. The zero-order chi connectivity index (χ0) is 39.6. The number of oxazole rings is 2. The van der Waals surface area contributed by atoms with Gasteiger partial charge in [0, 0.05) is 54.7 Å². The number of aromatic nitrogens is 7. The number of fused-ring (bicyclic) bond motifs is 2. The molecule has 0 unspecified atom stereocenters. The Hall–Kier alpha value is -6.74. The second kappa shape index (κ2) is 17.0. The Bertz CT molecular complexity index is 2900. The van der Waals surface area contributed by atoms with Crippen LogP contribution in [0.25, 0.3) is 78.6 Å². The first-order valence-electron chi connectivity index (χ1n) is 19.3. The molecule has 0 aliphatic heterocycles. The van der Waals surface area contributed by atoms with Gasteiger partial charge in [-0.2, -0.15) is 5.10 Å². The first-order valence-corrected chi connectivity index (χ1v) is 19.3. The molecule has 0 fully saturated rings. The summed E-state index contributed by atoms with van der Waals surface area (Å²) >= 11 is 0. The van der Waals surface area contributed by atoms with Crippen LogP contribution in [0.5, 0.6) is 0 Å². The molecule has 4 aromatic heterocycles. The van der Waals surface area contributed by atoms with Crippen LogP contribution < -0.4 is 0 Å². The van der Waals surface area contributed by atoms with Gasteiger partial charge in [0.1, 0.15) is 6.33 Å². The van der Waals surface area contributed by atoms with Crippen LogP contribution in [-0.4, -0.2) is 34.3 Å². The van der Waals surface area contributed by atoms with E-state index in [2.05, 4.69) is 149 Å². The van der Waals surface area contributed by atoms with Gasteiger partial charge in [-0.05, 0) is 34.1 Å². The van der Waals surface area contributed by atoms with E-state index >= 15 is 0 Å². The van der Waals surface area contributed by atoms with E-state index < -0.39 is 0 Å². The summed E-state index contributed by atoms with van der Waals surface area (Å²) in [7, 11) is 0. The molecule has 59 heavy (non-hydrogen) atoms. The van der Waals surface area contributed by atoms with E-state index in [9.17, 15) is 0 Å². The quantitative estimate of drug-likeness (QED) is 0.140. The summed E-state index contributed by atoms with van der Waals surface area (Å²) in [6, 6.07) is 47.8. The maximum absolute atomic E-state index is 5.39. The molecule has 10 aromatic rings. The van der Waals surface area contributed by atoms with E-state index in [1.165, 1.54) is 23.9 Å². The summed E-state index contributed by atoms with van der Waals surface area (Å²) in [5, 5.41) is 4.56. The molecule has 10 rings (SSSR count). The van der Waals surface area contributed by atoms with E-state index in [4.69, 9.17) is 13.8 Å². The van der Waals surface area contributed by atoms with Gasteiger partial charge in [-0.3, -0.25) is 14.6 Å². The van der Waals surface area contributed by atoms with Gasteiger partial charge in [-0.15, -0.1) is 47.5 Å². The molecular weight excluding hydrogens is 911 g/mol. The maximum atomic E-state index is 5.39. The van der Waals surface area contributed by atoms with Crippen molar-refractivity contribution in [2.24, 2.45) is 0 Å². The average Bonchev–Trinajstić information content (AvgIpc) is 4.11. The topological polar surface area (TPSA) is 101 Å². The van der Waals surface area contributed by atoms with Crippen LogP contribution in [0.4, 0.5) is 0 Å². The molecule has 10 heteroatoms. The van der Waals surface area contributed by atoms with Gasteiger partial charge >= 0.3 is 0 Å². The van der Waals surface area contributed by atoms with Crippen LogP contribution in [0, 0.1) is 12.1 Å². The Morgan fingerprint density at radius 2 is 1.08 bits per heavy atom. The predicted molar refractivity (Wildman–Crippen MR) is 228 cm³/mol. The Kier molecular flexibility index (Phi) is 11.3. The summed E-state index contributed by atoms with van der Waals surface area (Å²) in [6.45, 7) is 8.81.